The molecule has 4 nitrogen and oxygen atoms in total. The molecular formula is C14H19NO3S. The van der Waals surface area contributed by atoms with Crippen molar-refractivity contribution in [2.45, 2.75) is 32.6 Å². The van der Waals surface area contributed by atoms with Gasteiger partial charge in [-0.2, -0.15) is 0 Å². The molecule has 104 valence electrons. The molecule has 0 bridgehead atoms. The molecule has 5 heteroatoms. The van der Waals surface area contributed by atoms with E-state index >= 15 is 0 Å². The molecule has 19 heavy (non-hydrogen) atoms. The molecule has 0 saturated carbocycles. The average molecular weight is 281 g/mol. The van der Waals surface area contributed by atoms with E-state index in [0.717, 1.165) is 24.5 Å². The number of hydrogen-bond donors (Lipinski definition) is 1. The molecule has 1 aromatic rings. The number of carbonyl (C=O) groups is 1. The van der Waals surface area contributed by atoms with Gasteiger partial charge in [-0.15, -0.1) is 11.3 Å². The van der Waals surface area contributed by atoms with Crippen LogP contribution in [0.3, 0.4) is 0 Å². The van der Waals surface area contributed by atoms with Gasteiger partial charge in [-0.05, 0) is 32.1 Å². The predicted octanol–water partition coefficient (Wildman–Crippen LogP) is 2.46. The van der Waals surface area contributed by atoms with E-state index in [9.17, 15) is 4.79 Å². The van der Waals surface area contributed by atoms with Crippen LogP contribution in [0.5, 0.6) is 0 Å². The smallest absolute Gasteiger partial charge is 0.328 e. The Morgan fingerprint density at radius 2 is 2.16 bits per heavy atom. The lowest BCUT2D eigenvalue weighted by Crippen LogP contribution is -2.44. The van der Waals surface area contributed by atoms with Crippen LogP contribution in [0.25, 0.3) is 6.08 Å². The topological polar surface area (TPSA) is 49.8 Å². The maximum Gasteiger partial charge on any atom is 0.328 e. The zero-order chi connectivity index (χ0) is 13.8. The van der Waals surface area contributed by atoms with Crippen molar-refractivity contribution in [3.8, 4) is 0 Å². The highest BCUT2D eigenvalue weighted by Crippen LogP contribution is 2.21. The molecule has 2 atom stereocenters. The molecule has 0 aliphatic carbocycles. The Kier molecular flexibility index (Phi) is 4.74. The second kappa shape index (κ2) is 6.32. The molecule has 0 radical (unpaired) electrons. The minimum atomic E-state index is -0.911. The molecule has 2 rings (SSSR count). The van der Waals surface area contributed by atoms with Crippen molar-refractivity contribution in [2.24, 2.45) is 0 Å². The molecular weight excluding hydrogens is 262 g/mol. The number of aliphatic carboxylic acids is 1. The van der Waals surface area contributed by atoms with Crippen LogP contribution in [0.4, 0.5) is 0 Å². The fourth-order valence-electron chi connectivity index (χ4n) is 2.36. The third-order valence-corrected chi connectivity index (χ3v) is 3.98. The zero-order valence-electron chi connectivity index (χ0n) is 11.2. The normalized spacial score (nSPS) is 24.9. The van der Waals surface area contributed by atoms with Crippen molar-refractivity contribution in [2.75, 3.05) is 13.1 Å². The fraction of sp³-hybridized carbons (Fsp3) is 0.500. The van der Waals surface area contributed by atoms with Crippen molar-refractivity contribution in [3.63, 3.8) is 0 Å². The second-order valence-corrected chi connectivity index (χ2v) is 6.13. The summed E-state index contributed by atoms with van der Waals surface area (Å²) in [4.78, 5) is 15.1. The van der Waals surface area contributed by atoms with Crippen LogP contribution in [0, 0.1) is 0 Å². The maximum atomic E-state index is 10.5. The van der Waals surface area contributed by atoms with Crippen molar-refractivity contribution in [3.05, 3.63) is 28.0 Å². The van der Waals surface area contributed by atoms with Crippen LogP contribution in [0.15, 0.2) is 18.2 Å². The van der Waals surface area contributed by atoms with E-state index < -0.39 is 5.97 Å². The van der Waals surface area contributed by atoms with Gasteiger partial charge >= 0.3 is 5.97 Å². The van der Waals surface area contributed by atoms with Crippen molar-refractivity contribution < 1.29 is 14.6 Å². The lowest BCUT2D eigenvalue weighted by Gasteiger charge is -2.34. The summed E-state index contributed by atoms with van der Waals surface area (Å²) in [6, 6.07) is 4.03. The summed E-state index contributed by atoms with van der Waals surface area (Å²) < 4.78 is 5.71. The predicted molar refractivity (Wildman–Crippen MR) is 76.3 cm³/mol. The number of carboxylic acids is 1. The minimum absolute atomic E-state index is 0.273. The Morgan fingerprint density at radius 1 is 1.47 bits per heavy atom. The summed E-state index contributed by atoms with van der Waals surface area (Å²) in [6.45, 7) is 6.99. The third-order valence-electron chi connectivity index (χ3n) is 2.95. The van der Waals surface area contributed by atoms with Gasteiger partial charge in [0.2, 0.25) is 0 Å². The molecule has 2 unspecified atom stereocenters. The van der Waals surface area contributed by atoms with Gasteiger partial charge in [0.05, 0.1) is 12.2 Å². The molecule has 0 amide bonds. The lowest BCUT2D eigenvalue weighted by molar-refractivity contribution is -0.131. The average Bonchev–Trinajstić information content (AvgIpc) is 2.72. The first-order valence-electron chi connectivity index (χ1n) is 6.40. The van der Waals surface area contributed by atoms with Crippen molar-refractivity contribution in [1.82, 2.24) is 4.90 Å². The van der Waals surface area contributed by atoms with Crippen LogP contribution in [-0.2, 0) is 16.1 Å². The van der Waals surface area contributed by atoms with E-state index in [2.05, 4.69) is 24.8 Å². The van der Waals surface area contributed by atoms with Crippen LogP contribution >= 0.6 is 11.3 Å². The van der Waals surface area contributed by atoms with Gasteiger partial charge in [-0.3, -0.25) is 4.90 Å². The summed E-state index contributed by atoms with van der Waals surface area (Å²) in [5.41, 5.74) is 0. The largest absolute Gasteiger partial charge is 0.478 e. The number of nitrogens with zero attached hydrogens (tertiary/aromatic N) is 1. The fourth-order valence-corrected chi connectivity index (χ4v) is 3.31. The first-order valence-corrected chi connectivity index (χ1v) is 7.22. The highest BCUT2D eigenvalue weighted by molar-refractivity contribution is 7.12. The standard InChI is InChI=1S/C14H19NO3S/c1-10-7-15(8-11(2)18-10)9-13-4-3-12(19-13)5-6-14(16)17/h3-6,10-11H,7-9H2,1-2H3,(H,16,17). The SMILES string of the molecule is CC1CN(Cc2ccc(C=CC(=O)O)s2)CC(C)O1. The van der Waals surface area contributed by atoms with Gasteiger partial charge in [0.1, 0.15) is 0 Å². The minimum Gasteiger partial charge on any atom is -0.478 e. The van der Waals surface area contributed by atoms with E-state index in [1.54, 1.807) is 17.4 Å². The van der Waals surface area contributed by atoms with Crippen LogP contribution < -0.4 is 0 Å². The van der Waals surface area contributed by atoms with Crippen LogP contribution in [-0.4, -0.2) is 41.3 Å². The second-order valence-electron chi connectivity index (χ2n) is 4.93. The van der Waals surface area contributed by atoms with E-state index in [4.69, 9.17) is 9.84 Å². The third kappa shape index (κ3) is 4.45. The number of thiophene rings is 1. The van der Waals surface area contributed by atoms with E-state index in [1.165, 1.54) is 11.0 Å². The molecule has 1 fully saturated rings. The van der Waals surface area contributed by atoms with E-state index in [1.807, 2.05) is 6.07 Å². The number of morpholine rings is 1. The molecule has 0 aromatic carbocycles. The summed E-state index contributed by atoms with van der Waals surface area (Å²) in [6.07, 6.45) is 3.36. The highest BCUT2D eigenvalue weighted by Gasteiger charge is 2.22. The monoisotopic (exact) mass is 281 g/mol. The zero-order valence-corrected chi connectivity index (χ0v) is 12.0. The molecule has 1 aliphatic rings. The Bertz CT molecular complexity index is 459. The first kappa shape index (κ1) is 14.2. The highest BCUT2D eigenvalue weighted by atomic mass is 32.1. The van der Waals surface area contributed by atoms with Gasteiger partial charge in [0, 0.05) is 35.5 Å². The molecule has 1 aliphatic heterocycles. The molecule has 2 heterocycles. The van der Waals surface area contributed by atoms with Crippen LogP contribution in [0.2, 0.25) is 0 Å². The summed E-state index contributed by atoms with van der Waals surface area (Å²) >= 11 is 1.64. The van der Waals surface area contributed by atoms with Crippen molar-refractivity contribution >= 4 is 23.4 Å². The number of carboxylic acid groups (broad SMARTS) is 1. The number of ether oxygens (including phenoxy) is 1. The maximum absolute atomic E-state index is 10.5. The van der Waals surface area contributed by atoms with Crippen LogP contribution in [0.1, 0.15) is 23.6 Å². The van der Waals surface area contributed by atoms with Crippen molar-refractivity contribution in [1.29, 1.82) is 0 Å². The Morgan fingerprint density at radius 3 is 2.79 bits per heavy atom. The Labute approximate surface area is 117 Å². The quantitative estimate of drug-likeness (QED) is 0.861. The summed E-state index contributed by atoms with van der Waals surface area (Å²) in [5.74, 6) is -0.911. The van der Waals surface area contributed by atoms with Gasteiger partial charge in [-0.25, -0.2) is 4.79 Å². The van der Waals surface area contributed by atoms with Gasteiger partial charge in [0.25, 0.3) is 0 Å². The lowest BCUT2D eigenvalue weighted by atomic mass is 10.2. The Balaban J connectivity index is 1.94. The number of rotatable bonds is 4. The summed E-state index contributed by atoms with van der Waals surface area (Å²) in [7, 11) is 0. The van der Waals surface area contributed by atoms with Gasteiger partial charge in [-0.1, -0.05) is 0 Å². The molecule has 1 aromatic heterocycles. The molecule has 1 N–H and O–H groups in total. The molecule has 1 saturated heterocycles. The van der Waals surface area contributed by atoms with E-state index in [-0.39, 0.29) is 12.2 Å². The number of hydrogen-bond acceptors (Lipinski definition) is 4. The van der Waals surface area contributed by atoms with Gasteiger partial charge < -0.3 is 9.84 Å². The Hall–Kier alpha value is -1.17. The molecule has 0 spiro atoms. The summed E-state index contributed by atoms with van der Waals surface area (Å²) in [5, 5.41) is 8.60. The first-order chi connectivity index (χ1) is 9.02. The van der Waals surface area contributed by atoms with Gasteiger partial charge in [0.15, 0.2) is 0 Å². The van der Waals surface area contributed by atoms with E-state index in [0.29, 0.717) is 0 Å².